The second-order valence-electron chi connectivity index (χ2n) is 4.27. The first kappa shape index (κ1) is 14.2. The lowest BCUT2D eigenvalue weighted by atomic mass is 10.1. The van der Waals surface area contributed by atoms with Crippen molar-refractivity contribution in [3.8, 4) is 5.75 Å². The summed E-state index contributed by atoms with van der Waals surface area (Å²) in [5.74, 6) is 0.865. The molecular formula is C15H15BrClNO. The van der Waals surface area contributed by atoms with Crippen molar-refractivity contribution >= 4 is 33.2 Å². The van der Waals surface area contributed by atoms with E-state index in [1.54, 1.807) is 7.11 Å². The zero-order valence-electron chi connectivity index (χ0n) is 10.8. The Hall–Kier alpha value is -1.19. The van der Waals surface area contributed by atoms with E-state index in [0.29, 0.717) is 6.54 Å². The quantitative estimate of drug-likeness (QED) is 0.842. The highest BCUT2D eigenvalue weighted by molar-refractivity contribution is 9.10. The third-order valence-electron chi connectivity index (χ3n) is 2.92. The first-order valence-electron chi connectivity index (χ1n) is 5.92. The van der Waals surface area contributed by atoms with Crippen molar-refractivity contribution in [3.05, 3.63) is 57.0 Å². The molecule has 0 saturated heterocycles. The summed E-state index contributed by atoms with van der Waals surface area (Å²) in [7, 11) is 1.67. The van der Waals surface area contributed by atoms with Gasteiger partial charge in [0.15, 0.2) is 0 Å². The molecule has 0 aliphatic carbocycles. The second-order valence-corrected chi connectivity index (χ2v) is 5.59. The van der Waals surface area contributed by atoms with E-state index in [0.717, 1.165) is 32.1 Å². The maximum atomic E-state index is 6.19. The first-order chi connectivity index (χ1) is 9.10. The first-order valence-corrected chi connectivity index (χ1v) is 7.09. The maximum Gasteiger partial charge on any atom is 0.119 e. The summed E-state index contributed by atoms with van der Waals surface area (Å²) in [6, 6.07) is 11.9. The number of ether oxygens (including phenoxy) is 1. The molecule has 0 atom stereocenters. The monoisotopic (exact) mass is 339 g/mol. The van der Waals surface area contributed by atoms with Gasteiger partial charge >= 0.3 is 0 Å². The van der Waals surface area contributed by atoms with E-state index in [-0.39, 0.29) is 0 Å². The van der Waals surface area contributed by atoms with Crippen LogP contribution < -0.4 is 10.1 Å². The molecule has 19 heavy (non-hydrogen) atoms. The topological polar surface area (TPSA) is 21.3 Å². The predicted octanol–water partition coefficient (Wildman–Crippen LogP) is 5.03. The molecule has 0 saturated carbocycles. The summed E-state index contributed by atoms with van der Waals surface area (Å²) in [5, 5.41) is 4.14. The maximum absolute atomic E-state index is 6.19. The van der Waals surface area contributed by atoms with Crippen LogP contribution in [0.5, 0.6) is 5.75 Å². The fraction of sp³-hybridized carbons (Fsp3) is 0.200. The molecule has 2 nitrogen and oxygen atoms in total. The van der Waals surface area contributed by atoms with Crippen molar-refractivity contribution in [3.63, 3.8) is 0 Å². The van der Waals surface area contributed by atoms with Crippen LogP contribution in [0.4, 0.5) is 5.69 Å². The van der Waals surface area contributed by atoms with Crippen LogP contribution in [0.15, 0.2) is 40.9 Å². The normalized spacial score (nSPS) is 10.3. The largest absolute Gasteiger partial charge is 0.497 e. The summed E-state index contributed by atoms with van der Waals surface area (Å²) < 4.78 is 6.18. The fourth-order valence-corrected chi connectivity index (χ4v) is 2.56. The van der Waals surface area contributed by atoms with Crippen molar-refractivity contribution in [1.82, 2.24) is 0 Å². The van der Waals surface area contributed by atoms with Gasteiger partial charge in [-0.25, -0.2) is 0 Å². The fourth-order valence-electron chi connectivity index (χ4n) is 1.82. The van der Waals surface area contributed by atoms with Gasteiger partial charge in [-0.15, -0.1) is 0 Å². The van der Waals surface area contributed by atoms with Crippen LogP contribution in [0.25, 0.3) is 0 Å². The zero-order valence-corrected chi connectivity index (χ0v) is 13.2. The molecule has 100 valence electrons. The average molecular weight is 341 g/mol. The Kier molecular flexibility index (Phi) is 4.72. The van der Waals surface area contributed by atoms with Gasteiger partial charge in [0.2, 0.25) is 0 Å². The molecule has 0 aliphatic rings. The Bertz CT molecular complexity index is 586. The van der Waals surface area contributed by atoms with E-state index in [1.807, 2.05) is 43.3 Å². The smallest absolute Gasteiger partial charge is 0.119 e. The Labute approximate surface area is 126 Å². The molecule has 0 radical (unpaired) electrons. The van der Waals surface area contributed by atoms with Crippen LogP contribution in [0.2, 0.25) is 5.02 Å². The molecule has 1 N–H and O–H groups in total. The molecule has 0 heterocycles. The standard InChI is InChI=1S/C15H15BrClNO/c1-10-7-13(19-2)5-6-15(10)18-9-11-3-4-12(16)8-14(11)17/h3-8,18H,9H2,1-2H3. The summed E-state index contributed by atoms with van der Waals surface area (Å²) in [4.78, 5) is 0. The minimum absolute atomic E-state index is 0.694. The van der Waals surface area contributed by atoms with Gasteiger partial charge in [-0.1, -0.05) is 33.6 Å². The lowest BCUT2D eigenvalue weighted by molar-refractivity contribution is 0.414. The Morgan fingerprint density at radius 3 is 2.63 bits per heavy atom. The number of halogens is 2. The number of nitrogens with one attached hydrogen (secondary N) is 1. The van der Waals surface area contributed by atoms with Crippen molar-refractivity contribution in [2.45, 2.75) is 13.5 Å². The summed E-state index contributed by atoms with van der Waals surface area (Å²) in [5.41, 5.74) is 3.30. The van der Waals surface area contributed by atoms with Crippen molar-refractivity contribution in [2.24, 2.45) is 0 Å². The van der Waals surface area contributed by atoms with E-state index in [1.165, 1.54) is 0 Å². The minimum atomic E-state index is 0.694. The molecule has 2 aromatic carbocycles. The summed E-state index contributed by atoms with van der Waals surface area (Å²) in [6.07, 6.45) is 0. The molecule has 0 aromatic heterocycles. The van der Waals surface area contributed by atoms with Crippen LogP contribution in [0.1, 0.15) is 11.1 Å². The summed E-state index contributed by atoms with van der Waals surface area (Å²) >= 11 is 9.59. The second kappa shape index (κ2) is 6.31. The molecular weight excluding hydrogens is 326 g/mol. The van der Waals surface area contributed by atoms with Crippen LogP contribution in [0, 0.1) is 6.92 Å². The third kappa shape index (κ3) is 3.64. The van der Waals surface area contributed by atoms with Gasteiger partial charge in [-0.3, -0.25) is 0 Å². The van der Waals surface area contributed by atoms with Crippen LogP contribution in [0.3, 0.4) is 0 Å². The van der Waals surface area contributed by atoms with Gasteiger partial charge in [0.1, 0.15) is 5.75 Å². The molecule has 0 fully saturated rings. The number of rotatable bonds is 4. The van der Waals surface area contributed by atoms with Crippen molar-refractivity contribution in [1.29, 1.82) is 0 Å². The van der Waals surface area contributed by atoms with Crippen molar-refractivity contribution in [2.75, 3.05) is 12.4 Å². The number of hydrogen-bond donors (Lipinski definition) is 1. The van der Waals surface area contributed by atoms with Crippen LogP contribution in [-0.2, 0) is 6.54 Å². The lowest BCUT2D eigenvalue weighted by Gasteiger charge is -2.12. The highest BCUT2D eigenvalue weighted by Crippen LogP contribution is 2.24. The molecule has 2 rings (SSSR count). The van der Waals surface area contributed by atoms with E-state index in [2.05, 4.69) is 21.2 Å². The van der Waals surface area contributed by atoms with Gasteiger partial charge < -0.3 is 10.1 Å². The van der Waals surface area contributed by atoms with Crippen LogP contribution in [-0.4, -0.2) is 7.11 Å². The Morgan fingerprint density at radius 2 is 2.00 bits per heavy atom. The summed E-state index contributed by atoms with van der Waals surface area (Å²) in [6.45, 7) is 2.74. The molecule has 0 amide bonds. The van der Waals surface area contributed by atoms with E-state index >= 15 is 0 Å². The van der Waals surface area contributed by atoms with E-state index in [9.17, 15) is 0 Å². The van der Waals surface area contributed by atoms with Gasteiger partial charge in [0.25, 0.3) is 0 Å². The van der Waals surface area contributed by atoms with Gasteiger partial charge in [0, 0.05) is 21.7 Å². The Morgan fingerprint density at radius 1 is 1.21 bits per heavy atom. The van der Waals surface area contributed by atoms with Crippen molar-refractivity contribution < 1.29 is 4.74 Å². The molecule has 0 bridgehead atoms. The van der Waals surface area contributed by atoms with Crippen LogP contribution >= 0.6 is 27.5 Å². The molecule has 0 aliphatic heterocycles. The molecule has 4 heteroatoms. The highest BCUT2D eigenvalue weighted by Gasteiger charge is 2.03. The zero-order chi connectivity index (χ0) is 13.8. The van der Waals surface area contributed by atoms with Gasteiger partial charge in [-0.2, -0.15) is 0 Å². The number of hydrogen-bond acceptors (Lipinski definition) is 2. The molecule has 0 spiro atoms. The SMILES string of the molecule is COc1ccc(NCc2ccc(Br)cc2Cl)c(C)c1. The average Bonchev–Trinajstić information content (AvgIpc) is 2.39. The Balaban J connectivity index is 2.10. The number of methoxy groups -OCH3 is 1. The lowest BCUT2D eigenvalue weighted by Crippen LogP contribution is -2.01. The molecule has 0 unspecified atom stereocenters. The molecule has 2 aromatic rings. The highest BCUT2D eigenvalue weighted by atomic mass is 79.9. The third-order valence-corrected chi connectivity index (χ3v) is 3.76. The number of aryl methyl sites for hydroxylation is 1. The minimum Gasteiger partial charge on any atom is -0.497 e. The van der Waals surface area contributed by atoms with E-state index < -0.39 is 0 Å². The number of anilines is 1. The van der Waals surface area contributed by atoms with E-state index in [4.69, 9.17) is 16.3 Å². The predicted molar refractivity (Wildman–Crippen MR) is 84.2 cm³/mol. The number of benzene rings is 2. The van der Waals surface area contributed by atoms with Gasteiger partial charge in [0.05, 0.1) is 7.11 Å². The van der Waals surface area contributed by atoms with Gasteiger partial charge in [-0.05, 0) is 48.4 Å².